The average molecular weight is 438 g/mol. The fourth-order valence-electron chi connectivity index (χ4n) is 4.70. The van der Waals surface area contributed by atoms with Crippen molar-refractivity contribution in [2.45, 2.75) is 25.8 Å². The number of imidazole rings is 1. The molecule has 0 aliphatic carbocycles. The van der Waals surface area contributed by atoms with Crippen molar-refractivity contribution in [3.63, 3.8) is 0 Å². The number of piperidine rings is 1. The maximum Gasteiger partial charge on any atom is 0.171 e. The van der Waals surface area contributed by atoms with Gasteiger partial charge in [0.2, 0.25) is 0 Å². The van der Waals surface area contributed by atoms with Gasteiger partial charge in [0, 0.05) is 32.4 Å². The van der Waals surface area contributed by atoms with Crippen LogP contribution in [0.4, 0.5) is 0 Å². The summed E-state index contributed by atoms with van der Waals surface area (Å²) in [7, 11) is 1.71. The van der Waals surface area contributed by atoms with Gasteiger partial charge in [-0.1, -0.05) is 11.2 Å². The topological polar surface area (TPSA) is 64.3 Å². The molecule has 1 aromatic heterocycles. The van der Waals surface area contributed by atoms with E-state index in [2.05, 4.69) is 44.2 Å². The largest absolute Gasteiger partial charge is 0.495 e. The summed E-state index contributed by atoms with van der Waals surface area (Å²) in [6.45, 7) is 8.24. The van der Waals surface area contributed by atoms with Crippen LogP contribution in [0.15, 0.2) is 41.5 Å². The Labute approximate surface area is 189 Å². The molecule has 8 heteroatoms. The number of hydrogen-bond donors (Lipinski definition) is 0. The molecule has 2 saturated heterocycles. The van der Waals surface area contributed by atoms with Gasteiger partial charge < -0.3 is 23.8 Å². The zero-order valence-corrected chi connectivity index (χ0v) is 18.9. The van der Waals surface area contributed by atoms with Crippen LogP contribution in [-0.4, -0.2) is 84.3 Å². The third kappa shape index (κ3) is 4.38. The van der Waals surface area contributed by atoms with E-state index in [1.165, 1.54) is 5.57 Å². The Balaban J connectivity index is 1.37. The van der Waals surface area contributed by atoms with Gasteiger partial charge >= 0.3 is 0 Å². The fourth-order valence-corrected chi connectivity index (χ4v) is 4.70. The fraction of sp³-hybridized carbons (Fsp3) is 0.500. The van der Waals surface area contributed by atoms with Crippen molar-refractivity contribution in [2.75, 3.05) is 53.1 Å². The van der Waals surface area contributed by atoms with E-state index in [4.69, 9.17) is 14.3 Å². The Bertz CT molecular complexity index is 1010. The Morgan fingerprint density at radius 2 is 2.09 bits per heavy atom. The van der Waals surface area contributed by atoms with Crippen molar-refractivity contribution in [2.24, 2.45) is 5.16 Å². The lowest BCUT2D eigenvalue weighted by Gasteiger charge is -2.42. The number of aromatic nitrogens is 2. The molecule has 0 radical (unpaired) electrons. The Morgan fingerprint density at radius 3 is 2.88 bits per heavy atom. The maximum absolute atomic E-state index is 5.70. The normalized spacial score (nSPS) is 22.9. The van der Waals surface area contributed by atoms with Crippen LogP contribution in [0.2, 0.25) is 0 Å². The summed E-state index contributed by atoms with van der Waals surface area (Å²) >= 11 is 0. The lowest BCUT2D eigenvalue weighted by atomic mass is 9.98. The number of rotatable bonds is 5. The lowest BCUT2D eigenvalue weighted by Crippen LogP contribution is -2.55. The highest BCUT2D eigenvalue weighted by Gasteiger charge is 2.33. The Hall–Kier alpha value is -2.84. The van der Waals surface area contributed by atoms with Gasteiger partial charge in [-0.2, -0.15) is 0 Å². The molecule has 0 saturated carbocycles. The predicted octanol–water partition coefficient (Wildman–Crippen LogP) is 2.71. The minimum Gasteiger partial charge on any atom is -0.495 e. The van der Waals surface area contributed by atoms with Crippen molar-refractivity contribution in [1.82, 2.24) is 19.4 Å². The first-order chi connectivity index (χ1) is 15.7. The predicted molar refractivity (Wildman–Crippen MR) is 123 cm³/mol. The van der Waals surface area contributed by atoms with Crippen molar-refractivity contribution in [1.29, 1.82) is 0 Å². The average Bonchev–Trinajstić information content (AvgIpc) is 3.26. The molecule has 32 heavy (non-hydrogen) atoms. The van der Waals surface area contributed by atoms with E-state index in [0.717, 1.165) is 80.8 Å². The molecule has 3 aliphatic heterocycles. The van der Waals surface area contributed by atoms with E-state index < -0.39 is 0 Å². The number of oxime groups is 1. The monoisotopic (exact) mass is 437 g/mol. The van der Waals surface area contributed by atoms with E-state index in [1.807, 2.05) is 24.0 Å². The van der Waals surface area contributed by atoms with Crippen molar-refractivity contribution < 1.29 is 14.3 Å². The molecule has 5 rings (SSSR count). The van der Waals surface area contributed by atoms with E-state index in [1.54, 1.807) is 7.11 Å². The van der Waals surface area contributed by atoms with Crippen molar-refractivity contribution in [3.8, 4) is 11.4 Å². The second-order valence-corrected chi connectivity index (χ2v) is 8.60. The minimum absolute atomic E-state index is 0.325. The molecule has 0 N–H and O–H groups in total. The summed E-state index contributed by atoms with van der Waals surface area (Å²) in [5.74, 6) is 1.80. The second-order valence-electron chi connectivity index (χ2n) is 8.60. The molecule has 170 valence electrons. The SMILES string of the molecule is COc1cc(/C=C2\CCCN3C2=NOC[C@@H]3CN2CCOCC2)ccc1-n1cnc(C)c1. The summed E-state index contributed by atoms with van der Waals surface area (Å²) < 4.78 is 13.2. The van der Waals surface area contributed by atoms with Crippen molar-refractivity contribution >= 4 is 11.9 Å². The number of benzene rings is 1. The van der Waals surface area contributed by atoms with Gasteiger partial charge in [-0.15, -0.1) is 0 Å². The molecule has 8 nitrogen and oxygen atoms in total. The number of hydrogen-bond acceptors (Lipinski definition) is 7. The number of fused-ring (bicyclic) bond motifs is 1. The lowest BCUT2D eigenvalue weighted by molar-refractivity contribution is 0.00301. The molecule has 1 atom stereocenters. The molecule has 0 unspecified atom stereocenters. The van der Waals surface area contributed by atoms with E-state index in [-0.39, 0.29) is 0 Å². The van der Waals surface area contributed by atoms with Crippen LogP contribution in [0.1, 0.15) is 24.1 Å². The third-order valence-corrected chi connectivity index (χ3v) is 6.37. The molecule has 1 aromatic carbocycles. The highest BCUT2D eigenvalue weighted by molar-refractivity contribution is 6.02. The molecule has 4 heterocycles. The summed E-state index contributed by atoms with van der Waals surface area (Å²) in [6.07, 6.45) is 8.14. The smallest absolute Gasteiger partial charge is 0.171 e. The molecular formula is C24H31N5O3. The zero-order valence-electron chi connectivity index (χ0n) is 18.9. The molecule has 3 aliphatic rings. The molecule has 0 bridgehead atoms. The second kappa shape index (κ2) is 9.34. The standard InChI is InChI=1S/C24H31N5O3/c1-18-14-28(17-25-18)22-6-5-19(13-23(22)30-2)12-20-4-3-7-29-21(16-32-26-24(20)29)15-27-8-10-31-11-9-27/h5-6,12-14,17,21H,3-4,7-11,15-16H2,1-2H3/b20-12+/t21-/m0/s1. The molecule has 2 aromatic rings. The van der Waals surface area contributed by atoms with Gasteiger partial charge in [0.25, 0.3) is 0 Å². The first-order valence-corrected chi connectivity index (χ1v) is 11.4. The summed E-state index contributed by atoms with van der Waals surface area (Å²) in [5.41, 5.74) is 4.26. The quantitative estimate of drug-likeness (QED) is 0.717. The number of aryl methyl sites for hydroxylation is 1. The first-order valence-electron chi connectivity index (χ1n) is 11.4. The van der Waals surface area contributed by atoms with E-state index in [9.17, 15) is 0 Å². The van der Waals surface area contributed by atoms with Gasteiger partial charge in [-0.05, 0) is 49.1 Å². The maximum atomic E-state index is 5.70. The number of morpholine rings is 1. The highest BCUT2D eigenvalue weighted by Crippen LogP contribution is 2.29. The number of methoxy groups -OCH3 is 1. The van der Waals surface area contributed by atoms with Crippen LogP contribution < -0.4 is 4.74 Å². The number of amidine groups is 1. The Kier molecular flexibility index (Phi) is 6.14. The van der Waals surface area contributed by atoms with Crippen LogP contribution in [0.25, 0.3) is 11.8 Å². The molecule has 0 amide bonds. The van der Waals surface area contributed by atoms with Gasteiger partial charge in [-0.3, -0.25) is 4.90 Å². The van der Waals surface area contributed by atoms with E-state index >= 15 is 0 Å². The van der Waals surface area contributed by atoms with Gasteiger partial charge in [0.1, 0.15) is 12.4 Å². The molecule has 0 spiro atoms. The zero-order chi connectivity index (χ0) is 21.9. The number of ether oxygens (including phenoxy) is 2. The summed E-state index contributed by atoms with van der Waals surface area (Å²) in [6, 6.07) is 6.60. The van der Waals surface area contributed by atoms with Crippen LogP contribution in [-0.2, 0) is 9.57 Å². The summed E-state index contributed by atoms with van der Waals surface area (Å²) in [5, 5.41) is 4.47. The van der Waals surface area contributed by atoms with Gasteiger partial charge in [0.15, 0.2) is 5.84 Å². The van der Waals surface area contributed by atoms with Crippen molar-refractivity contribution in [3.05, 3.63) is 47.6 Å². The van der Waals surface area contributed by atoms with Crippen LogP contribution in [0.5, 0.6) is 5.75 Å². The minimum atomic E-state index is 0.325. The number of nitrogens with zero attached hydrogens (tertiary/aromatic N) is 5. The highest BCUT2D eigenvalue weighted by atomic mass is 16.6. The summed E-state index contributed by atoms with van der Waals surface area (Å²) in [4.78, 5) is 14.9. The first kappa shape index (κ1) is 21.0. The van der Waals surface area contributed by atoms with Crippen LogP contribution >= 0.6 is 0 Å². The molecule has 2 fully saturated rings. The molecular weight excluding hydrogens is 406 g/mol. The van der Waals surface area contributed by atoms with Gasteiger partial charge in [-0.25, -0.2) is 4.98 Å². The Morgan fingerprint density at radius 1 is 1.22 bits per heavy atom. The van der Waals surface area contributed by atoms with Crippen LogP contribution in [0, 0.1) is 6.92 Å². The van der Waals surface area contributed by atoms with Gasteiger partial charge in [0.05, 0.1) is 44.1 Å². The third-order valence-electron chi connectivity index (χ3n) is 6.37. The van der Waals surface area contributed by atoms with Crippen LogP contribution in [0.3, 0.4) is 0 Å². The van der Waals surface area contributed by atoms with E-state index in [0.29, 0.717) is 12.6 Å².